The van der Waals surface area contributed by atoms with Crippen LogP contribution in [0.3, 0.4) is 0 Å². The highest BCUT2D eigenvalue weighted by Gasteiger charge is 2.71. The van der Waals surface area contributed by atoms with E-state index < -0.39 is 0 Å². The minimum Gasteiger partial charge on any atom is -0.461 e. The molecule has 0 spiro atoms. The summed E-state index contributed by atoms with van der Waals surface area (Å²) in [5.74, 6) is 0.975. The summed E-state index contributed by atoms with van der Waals surface area (Å²) in [7, 11) is 0. The van der Waals surface area contributed by atoms with Gasteiger partial charge in [-0.05, 0) is 44.2 Å². The third-order valence-corrected chi connectivity index (χ3v) is 9.00. The van der Waals surface area contributed by atoms with Crippen molar-refractivity contribution in [1.82, 2.24) is 4.90 Å². The van der Waals surface area contributed by atoms with Gasteiger partial charge in [-0.1, -0.05) is 30.4 Å². The molecule has 1 aromatic rings. The fourth-order valence-electron chi connectivity index (χ4n) is 7.09. The number of carbonyl (C=O) groups excluding carboxylic acids is 2. The van der Waals surface area contributed by atoms with Gasteiger partial charge in [0.15, 0.2) is 0 Å². The number of hydrogen-bond donors (Lipinski definition) is 1. The summed E-state index contributed by atoms with van der Waals surface area (Å²) >= 11 is 0. The Balaban J connectivity index is 1.12. The maximum atomic E-state index is 13.0. The number of piperazine rings is 1. The number of nitrogens with one attached hydrogen (secondary N) is 1. The Morgan fingerprint density at radius 3 is 2.75 bits per heavy atom. The van der Waals surface area contributed by atoms with Crippen LogP contribution in [0.25, 0.3) is 0 Å². The summed E-state index contributed by atoms with van der Waals surface area (Å²) in [4.78, 5) is 29.1. The first kappa shape index (κ1) is 20.4. The van der Waals surface area contributed by atoms with Crippen LogP contribution in [0, 0.1) is 23.7 Å². The molecule has 5 aliphatic rings. The molecule has 1 N–H and O–H groups in total. The van der Waals surface area contributed by atoms with Crippen LogP contribution in [0.4, 0.5) is 0 Å². The molecule has 170 valence electrons. The summed E-state index contributed by atoms with van der Waals surface area (Å²) in [6.07, 6.45) is 3.29. The van der Waals surface area contributed by atoms with Crippen LogP contribution in [0.5, 0.6) is 0 Å². The second-order valence-corrected chi connectivity index (χ2v) is 10.6. The Bertz CT molecular complexity index is 940. The number of epoxide rings is 1. The van der Waals surface area contributed by atoms with E-state index in [0.29, 0.717) is 12.0 Å². The van der Waals surface area contributed by atoms with Gasteiger partial charge in [-0.3, -0.25) is 9.59 Å². The van der Waals surface area contributed by atoms with Crippen molar-refractivity contribution in [3.05, 3.63) is 48.0 Å². The Kier molecular flexibility index (Phi) is 4.74. The lowest BCUT2D eigenvalue weighted by atomic mass is 9.77. The normalized spacial score (nSPS) is 40.8. The lowest BCUT2D eigenvalue weighted by Crippen LogP contribution is -3.15. The third-order valence-electron chi connectivity index (χ3n) is 9.00. The zero-order valence-electron chi connectivity index (χ0n) is 18.8. The number of amides is 1. The van der Waals surface area contributed by atoms with Crippen LogP contribution < -0.4 is 4.90 Å². The molecule has 6 nitrogen and oxygen atoms in total. The summed E-state index contributed by atoms with van der Waals surface area (Å²) in [6, 6.07) is 9.49. The van der Waals surface area contributed by atoms with Gasteiger partial charge in [0.25, 0.3) is 5.91 Å². The van der Waals surface area contributed by atoms with E-state index in [9.17, 15) is 9.59 Å². The standard InChI is InChI=1S/C26H32N2O4/c1-16-8-9-18-20(25(30)31-23(18)22-19(16)14-21-26(22,2)32-21)15-27-10-12-28(13-11-27)24(29)17-6-4-3-5-7-17/h3-7,18-23H,1,8-15H2,2H3/p+1/t18-,19+,20+,21-,22+,23-,26-/m0/s1. The minimum absolute atomic E-state index is 0.0192. The first-order valence-electron chi connectivity index (χ1n) is 12.2. The number of esters is 1. The second-order valence-electron chi connectivity index (χ2n) is 10.6. The Hall–Kier alpha value is -2.18. The fraction of sp³-hybridized carbons (Fsp3) is 0.615. The highest BCUT2D eigenvalue weighted by molar-refractivity contribution is 5.94. The van der Waals surface area contributed by atoms with Crippen LogP contribution >= 0.6 is 0 Å². The quantitative estimate of drug-likeness (QED) is 0.440. The van der Waals surface area contributed by atoms with Gasteiger partial charge in [-0.25, -0.2) is 0 Å². The number of nitrogens with zero attached hydrogens (tertiary/aromatic N) is 1. The molecule has 3 aliphatic heterocycles. The summed E-state index contributed by atoms with van der Waals surface area (Å²) in [5.41, 5.74) is 1.94. The Labute approximate surface area is 189 Å². The molecule has 1 aromatic carbocycles. The van der Waals surface area contributed by atoms with Crippen molar-refractivity contribution in [1.29, 1.82) is 0 Å². The van der Waals surface area contributed by atoms with Crippen LogP contribution in [0.15, 0.2) is 42.5 Å². The average Bonchev–Trinajstić information content (AvgIpc) is 3.29. The van der Waals surface area contributed by atoms with E-state index in [4.69, 9.17) is 9.47 Å². The van der Waals surface area contributed by atoms with E-state index in [1.807, 2.05) is 35.2 Å². The van der Waals surface area contributed by atoms with Gasteiger partial charge >= 0.3 is 5.97 Å². The largest absolute Gasteiger partial charge is 0.461 e. The van der Waals surface area contributed by atoms with Crippen molar-refractivity contribution in [2.75, 3.05) is 32.7 Å². The lowest BCUT2D eigenvalue weighted by Gasteiger charge is -2.34. The summed E-state index contributed by atoms with van der Waals surface area (Å²) < 4.78 is 12.1. The molecule has 3 saturated heterocycles. The molecule has 1 amide bonds. The maximum Gasteiger partial charge on any atom is 0.315 e. The van der Waals surface area contributed by atoms with Gasteiger partial charge in [0.1, 0.15) is 12.0 Å². The fourth-order valence-corrected chi connectivity index (χ4v) is 7.09. The maximum absolute atomic E-state index is 13.0. The SMILES string of the molecule is C=C1CC[C@@H]2[C@H](OC(=O)[C@@H]2C[NH+]2CCN(C(=O)c3ccccc3)CC2)[C@H]2[C@@H]1C[C@@H]1O[C@]21C. The number of carbonyl (C=O) groups is 2. The smallest absolute Gasteiger partial charge is 0.315 e. The predicted molar refractivity (Wildman–Crippen MR) is 118 cm³/mol. The number of allylic oxidation sites excluding steroid dienone is 1. The van der Waals surface area contributed by atoms with E-state index in [2.05, 4.69) is 13.5 Å². The Morgan fingerprint density at radius 2 is 2.00 bits per heavy atom. The highest BCUT2D eigenvalue weighted by atomic mass is 16.6. The van der Waals surface area contributed by atoms with Crippen molar-refractivity contribution < 1.29 is 24.0 Å². The van der Waals surface area contributed by atoms with Crippen molar-refractivity contribution in [2.45, 2.75) is 44.0 Å². The summed E-state index contributed by atoms with van der Waals surface area (Å²) in [6.45, 7) is 10.6. The summed E-state index contributed by atoms with van der Waals surface area (Å²) in [5, 5.41) is 0. The molecule has 2 saturated carbocycles. The van der Waals surface area contributed by atoms with Crippen LogP contribution in [0.1, 0.15) is 36.5 Å². The molecule has 0 unspecified atom stereocenters. The number of fused-ring (bicyclic) bond motifs is 5. The molecule has 32 heavy (non-hydrogen) atoms. The van der Waals surface area contributed by atoms with E-state index in [-0.39, 0.29) is 41.3 Å². The highest BCUT2D eigenvalue weighted by Crippen LogP contribution is 2.63. The first-order chi connectivity index (χ1) is 15.5. The van der Waals surface area contributed by atoms with Crippen LogP contribution in [0.2, 0.25) is 0 Å². The van der Waals surface area contributed by atoms with Gasteiger partial charge in [-0.2, -0.15) is 0 Å². The topological polar surface area (TPSA) is 63.6 Å². The van der Waals surface area contributed by atoms with Crippen LogP contribution in [-0.2, 0) is 14.3 Å². The van der Waals surface area contributed by atoms with Crippen molar-refractivity contribution in [2.24, 2.45) is 23.7 Å². The predicted octanol–water partition coefficient (Wildman–Crippen LogP) is 1.33. The molecule has 3 heterocycles. The van der Waals surface area contributed by atoms with Gasteiger partial charge in [-0.15, -0.1) is 0 Å². The zero-order valence-corrected chi connectivity index (χ0v) is 18.8. The van der Waals surface area contributed by atoms with E-state index >= 15 is 0 Å². The van der Waals surface area contributed by atoms with Crippen molar-refractivity contribution in [3.63, 3.8) is 0 Å². The van der Waals surface area contributed by atoms with Crippen molar-refractivity contribution in [3.8, 4) is 0 Å². The van der Waals surface area contributed by atoms with Gasteiger partial charge < -0.3 is 19.3 Å². The molecule has 6 heteroatoms. The zero-order chi connectivity index (χ0) is 22.0. The molecule has 2 aliphatic carbocycles. The monoisotopic (exact) mass is 437 g/mol. The number of quaternary nitrogens is 1. The average molecular weight is 438 g/mol. The second kappa shape index (κ2) is 7.42. The molecule has 0 radical (unpaired) electrons. The van der Waals surface area contributed by atoms with Gasteiger partial charge in [0.2, 0.25) is 0 Å². The molecule has 7 atom stereocenters. The molecule has 0 bridgehead atoms. The molecule has 6 rings (SSSR count). The van der Waals surface area contributed by atoms with E-state index in [1.165, 1.54) is 10.5 Å². The third kappa shape index (κ3) is 3.14. The Morgan fingerprint density at radius 1 is 1.25 bits per heavy atom. The van der Waals surface area contributed by atoms with Crippen molar-refractivity contribution >= 4 is 11.9 Å². The number of benzene rings is 1. The molecular formula is C26H33N2O4+. The molecule has 5 fully saturated rings. The van der Waals surface area contributed by atoms with Gasteiger partial charge in [0.05, 0.1) is 44.4 Å². The number of ether oxygens (including phenoxy) is 2. The van der Waals surface area contributed by atoms with Gasteiger partial charge in [0, 0.05) is 17.4 Å². The van der Waals surface area contributed by atoms with E-state index in [1.54, 1.807) is 0 Å². The molecule has 0 aromatic heterocycles. The van der Waals surface area contributed by atoms with Crippen LogP contribution in [-0.4, -0.2) is 67.3 Å². The number of hydrogen-bond acceptors (Lipinski definition) is 4. The first-order valence-corrected chi connectivity index (χ1v) is 12.2. The number of rotatable bonds is 3. The lowest BCUT2D eigenvalue weighted by molar-refractivity contribution is -0.906. The van der Waals surface area contributed by atoms with E-state index in [0.717, 1.165) is 57.5 Å². The minimum atomic E-state index is -0.133. The molecular weight excluding hydrogens is 404 g/mol.